The summed E-state index contributed by atoms with van der Waals surface area (Å²) < 4.78 is 28.5. The Morgan fingerprint density at radius 1 is 1.05 bits per heavy atom. The summed E-state index contributed by atoms with van der Waals surface area (Å²) in [5.74, 6) is -12.0. The lowest BCUT2D eigenvalue weighted by Crippen LogP contribution is -2.74. The van der Waals surface area contributed by atoms with Crippen LogP contribution >= 0.6 is 0 Å². The monoisotopic (exact) mass is 612 g/mol. The first-order valence-corrected chi connectivity index (χ1v) is 15.0. The summed E-state index contributed by atoms with van der Waals surface area (Å²) in [4.78, 5) is 69.9. The molecule has 4 unspecified atom stereocenters. The predicted molar refractivity (Wildman–Crippen MR) is 153 cm³/mol. The first-order valence-electron chi connectivity index (χ1n) is 13.5. The van der Waals surface area contributed by atoms with E-state index in [1.165, 1.54) is 49.3 Å². The summed E-state index contributed by atoms with van der Waals surface area (Å²) in [6, 6.07) is 7.55. The van der Waals surface area contributed by atoms with Crippen LogP contribution in [0, 0.1) is 23.7 Å². The van der Waals surface area contributed by atoms with Crippen molar-refractivity contribution in [2.45, 2.75) is 29.4 Å². The molecular formula is C29H32N4O9S. The molecule has 1 amide bonds. The Labute approximate surface area is 247 Å². The van der Waals surface area contributed by atoms with E-state index >= 15 is 0 Å². The quantitative estimate of drug-likeness (QED) is 0.247. The average molecular weight is 613 g/mol. The molecule has 2 saturated carbocycles. The van der Waals surface area contributed by atoms with E-state index in [-0.39, 0.29) is 29.0 Å². The van der Waals surface area contributed by atoms with Crippen molar-refractivity contribution in [2.75, 3.05) is 37.8 Å². The number of sulfonamides is 1. The number of phenols is 1. The summed E-state index contributed by atoms with van der Waals surface area (Å²) in [6.45, 7) is 0. The molecule has 2 aromatic rings. The Bertz CT molecular complexity index is 1690. The first kappa shape index (κ1) is 30.3. The van der Waals surface area contributed by atoms with Crippen molar-refractivity contribution in [1.82, 2.24) is 4.90 Å². The molecule has 13 nitrogen and oxygen atoms in total. The number of aromatic hydroxyl groups is 1. The number of rotatable bonds is 6. The molecule has 0 saturated heterocycles. The minimum Gasteiger partial charge on any atom is -0.505 e. The molecule has 5 rings (SSSR count). The van der Waals surface area contributed by atoms with E-state index in [0.717, 1.165) is 0 Å². The van der Waals surface area contributed by atoms with Crippen molar-refractivity contribution in [2.24, 2.45) is 29.4 Å². The summed E-state index contributed by atoms with van der Waals surface area (Å²) in [5, 5.41) is 23.0. The maximum absolute atomic E-state index is 14.1. The largest absolute Gasteiger partial charge is 0.505 e. The van der Waals surface area contributed by atoms with Gasteiger partial charge in [0.05, 0.1) is 28.1 Å². The summed E-state index contributed by atoms with van der Waals surface area (Å²) in [6.07, 6.45) is -0.0570. The second kappa shape index (κ2) is 10.2. The van der Waals surface area contributed by atoms with Crippen LogP contribution in [-0.2, 0) is 35.6 Å². The van der Waals surface area contributed by atoms with Crippen LogP contribution in [0.15, 0.2) is 41.3 Å². The van der Waals surface area contributed by atoms with Crippen molar-refractivity contribution < 1.29 is 42.6 Å². The van der Waals surface area contributed by atoms with Crippen molar-refractivity contribution in [1.29, 1.82) is 0 Å². The van der Waals surface area contributed by atoms with E-state index in [2.05, 4.69) is 4.72 Å². The molecule has 0 aliphatic heterocycles. The number of aliphatic hydroxyl groups is 1. The number of phenolic OH excluding ortho intramolecular Hbond substituents is 1. The van der Waals surface area contributed by atoms with Crippen molar-refractivity contribution in [3.63, 3.8) is 0 Å². The first-order chi connectivity index (χ1) is 20.0. The van der Waals surface area contributed by atoms with E-state index in [0.29, 0.717) is 11.3 Å². The van der Waals surface area contributed by atoms with Crippen LogP contribution in [0.25, 0.3) is 0 Å². The van der Waals surface area contributed by atoms with Gasteiger partial charge < -0.3 is 20.8 Å². The third-order valence-electron chi connectivity index (χ3n) is 8.82. The number of benzene rings is 2. The van der Waals surface area contributed by atoms with Crippen molar-refractivity contribution in [3.8, 4) is 5.75 Å². The van der Waals surface area contributed by atoms with E-state index in [1.807, 2.05) is 0 Å². The number of carbonyl (C=O) groups is 5. The number of nitrogens with zero attached hydrogens (tertiary/aromatic N) is 2. The highest BCUT2D eigenvalue weighted by Crippen LogP contribution is 2.52. The van der Waals surface area contributed by atoms with Gasteiger partial charge in [-0.05, 0) is 56.6 Å². The molecule has 0 bridgehead atoms. The molecule has 0 spiro atoms. The number of nitrogens with one attached hydrogen (secondary N) is 1. The lowest BCUT2D eigenvalue weighted by molar-refractivity contribution is -0.181. The fourth-order valence-corrected chi connectivity index (χ4v) is 8.01. The highest BCUT2D eigenvalue weighted by atomic mass is 32.2. The van der Waals surface area contributed by atoms with Gasteiger partial charge in [-0.25, -0.2) is 8.42 Å². The zero-order chi connectivity index (χ0) is 31.8. The van der Waals surface area contributed by atoms with Crippen LogP contribution < -0.4 is 15.4 Å². The predicted octanol–water partition coefficient (Wildman–Crippen LogP) is -0.266. The van der Waals surface area contributed by atoms with Gasteiger partial charge in [-0.1, -0.05) is 18.2 Å². The fraction of sp³-hybridized carbons (Fsp3) is 0.414. The summed E-state index contributed by atoms with van der Waals surface area (Å²) in [7, 11) is 2.14. The van der Waals surface area contributed by atoms with Crippen LogP contribution in [0.4, 0.5) is 11.4 Å². The smallest absolute Gasteiger partial charge is 0.262 e. The maximum Gasteiger partial charge on any atom is 0.262 e. The van der Waals surface area contributed by atoms with E-state index < -0.39 is 80.1 Å². The number of anilines is 2. The fourth-order valence-electron chi connectivity index (χ4n) is 6.93. The van der Waals surface area contributed by atoms with Gasteiger partial charge in [0.25, 0.3) is 10.0 Å². The number of likely N-dealkylation sites (N-methyl/N-ethyl adjacent to an activating group) is 1. The van der Waals surface area contributed by atoms with Gasteiger partial charge in [0.15, 0.2) is 40.4 Å². The maximum atomic E-state index is 14.1. The molecule has 0 radical (unpaired) electrons. The van der Waals surface area contributed by atoms with Crippen LogP contribution in [0.2, 0.25) is 0 Å². The Balaban J connectivity index is 1.64. The van der Waals surface area contributed by atoms with Crippen molar-refractivity contribution >= 4 is 50.4 Å². The molecule has 14 heteroatoms. The van der Waals surface area contributed by atoms with Crippen LogP contribution in [0.5, 0.6) is 5.75 Å². The second-order valence-corrected chi connectivity index (χ2v) is 13.4. The lowest BCUT2D eigenvalue weighted by atomic mass is 9.52. The number of nitrogens with two attached hydrogens (primary N) is 1. The topological polar surface area (TPSA) is 204 Å². The third-order valence-corrected chi connectivity index (χ3v) is 10.2. The molecule has 43 heavy (non-hydrogen) atoms. The van der Waals surface area contributed by atoms with Gasteiger partial charge in [-0.2, -0.15) is 0 Å². The number of hydrogen-bond acceptors (Lipinski definition) is 11. The zero-order valence-corrected chi connectivity index (χ0v) is 24.7. The number of hydrogen-bond donors (Lipinski definition) is 4. The van der Waals surface area contributed by atoms with Gasteiger partial charge >= 0.3 is 0 Å². The van der Waals surface area contributed by atoms with Gasteiger partial charge in [-0.3, -0.25) is 33.6 Å². The van der Waals surface area contributed by atoms with Gasteiger partial charge in [-0.15, -0.1) is 0 Å². The minimum atomic E-state index is -4.19. The Kier molecular flexibility index (Phi) is 7.22. The number of carbonyl (C=O) groups excluding carboxylic acids is 5. The number of primary amides is 1. The molecule has 3 aliphatic rings. The normalized spacial score (nSPS) is 28.7. The molecular weight excluding hydrogens is 580 g/mol. The van der Waals surface area contributed by atoms with Gasteiger partial charge in [0.2, 0.25) is 5.91 Å². The Morgan fingerprint density at radius 3 is 2.23 bits per heavy atom. The number of amides is 1. The SMILES string of the molecule is CN(C)c1cc(NS(=O)(=O)c2ccccc2)c(O)c2c1CC1CC3[C@H](N(C)C)C(=O)C(C(N)=O)C(=O)[C@@]3(O)C(=O)C1C2=O. The average Bonchev–Trinajstić information content (AvgIpc) is 2.92. The van der Waals surface area contributed by atoms with E-state index in [4.69, 9.17) is 5.73 Å². The van der Waals surface area contributed by atoms with Crippen LogP contribution in [0.3, 0.4) is 0 Å². The summed E-state index contributed by atoms with van der Waals surface area (Å²) in [5.41, 5.74) is 2.61. The highest BCUT2D eigenvalue weighted by Gasteiger charge is 2.69. The number of fused-ring (bicyclic) bond motifs is 3. The third kappa shape index (κ3) is 4.43. The zero-order valence-electron chi connectivity index (χ0n) is 23.9. The highest BCUT2D eigenvalue weighted by molar-refractivity contribution is 7.92. The molecule has 3 aliphatic carbocycles. The Morgan fingerprint density at radius 2 is 1.67 bits per heavy atom. The standard InChI is InChI=1S/C29H32N4O9S/c1-32(2)18-12-17(31-43(41,42)14-8-6-5-7-9-14)23(34)20-15(18)10-13-11-16-22(33(3)4)25(36)21(28(30)39)27(38)29(16,40)26(37)19(13)24(20)35/h5-9,12-13,16,19,21-22,31,34,40H,10-11H2,1-4H3,(H2,30,39)/t13?,16?,19?,21?,22-,29-/m0/s1. The molecule has 6 atom stereocenters. The van der Waals surface area contributed by atoms with Gasteiger partial charge in [0, 0.05) is 25.7 Å². The minimum absolute atomic E-state index is 0.0403. The van der Waals surface area contributed by atoms with Gasteiger partial charge in [0.1, 0.15) is 0 Å². The molecule has 5 N–H and O–H groups in total. The second-order valence-electron chi connectivity index (χ2n) is 11.7. The molecule has 0 heterocycles. The Hall–Kier alpha value is -4.14. The van der Waals surface area contributed by atoms with Crippen molar-refractivity contribution in [3.05, 3.63) is 47.5 Å². The number of ketones is 4. The lowest BCUT2D eigenvalue weighted by Gasteiger charge is -2.52. The molecule has 0 aromatic heterocycles. The molecule has 2 fully saturated rings. The van der Waals surface area contributed by atoms with E-state index in [1.54, 1.807) is 25.1 Å². The summed E-state index contributed by atoms with van der Waals surface area (Å²) >= 11 is 0. The van der Waals surface area contributed by atoms with E-state index in [9.17, 15) is 42.6 Å². The number of Topliss-reactive ketones (excluding diaryl/α,β-unsaturated/α-hetero) is 4. The van der Waals surface area contributed by atoms with Crippen LogP contribution in [-0.4, -0.2) is 92.4 Å². The molecule has 2 aromatic carbocycles. The van der Waals surface area contributed by atoms with Crippen LogP contribution in [0.1, 0.15) is 22.3 Å². The molecule has 228 valence electrons.